The maximum absolute atomic E-state index is 13.6. The van der Waals surface area contributed by atoms with Crippen molar-refractivity contribution in [1.29, 1.82) is 0 Å². The first-order valence-corrected chi connectivity index (χ1v) is 13.5. The molecule has 0 aliphatic carbocycles. The summed E-state index contributed by atoms with van der Waals surface area (Å²) in [5.41, 5.74) is 1.31. The van der Waals surface area contributed by atoms with Gasteiger partial charge in [-0.25, -0.2) is 8.42 Å². The number of rotatable bonds is 8. The van der Waals surface area contributed by atoms with Crippen molar-refractivity contribution in [2.75, 3.05) is 18.0 Å². The van der Waals surface area contributed by atoms with E-state index in [-0.39, 0.29) is 23.4 Å². The molecule has 1 heterocycles. The number of carbonyl (C=O) groups is 1. The summed E-state index contributed by atoms with van der Waals surface area (Å²) in [6, 6.07) is 20.0. The minimum Gasteiger partial charge on any atom is -0.497 e. The summed E-state index contributed by atoms with van der Waals surface area (Å²) in [7, 11) is -2.36. The molecule has 3 aromatic carbocycles. The predicted molar refractivity (Wildman–Crippen MR) is 140 cm³/mol. The number of nitrogens with one attached hydrogen (secondary N) is 1. The van der Waals surface area contributed by atoms with Gasteiger partial charge in [0.25, 0.3) is 15.9 Å². The monoisotopic (exact) mass is 528 g/mol. The highest BCUT2D eigenvalue weighted by Crippen LogP contribution is 2.37. The van der Waals surface area contributed by atoms with Gasteiger partial charge in [0.15, 0.2) is 6.10 Å². The zero-order chi connectivity index (χ0) is 25.9. The summed E-state index contributed by atoms with van der Waals surface area (Å²) >= 11 is 5.96. The maximum atomic E-state index is 13.6. The Morgan fingerprint density at radius 1 is 1.08 bits per heavy atom. The van der Waals surface area contributed by atoms with E-state index < -0.39 is 16.1 Å². The molecule has 0 aromatic heterocycles. The van der Waals surface area contributed by atoms with E-state index >= 15 is 0 Å². The molecular formula is C27H29ClN2O5S. The van der Waals surface area contributed by atoms with E-state index in [1.165, 1.54) is 28.6 Å². The van der Waals surface area contributed by atoms with Gasteiger partial charge >= 0.3 is 0 Å². The molecule has 0 fully saturated rings. The SMILES string of the molecule is COc1ccc([C@H](CC(C)C)NC(=O)[C@H]2CN(S(=O)(=O)c3ccc(Cl)cc3)c3ccccc3O2)cc1. The number of halogens is 1. The third-order valence-corrected chi connectivity index (χ3v) is 8.02. The van der Waals surface area contributed by atoms with Crippen LogP contribution in [-0.2, 0) is 14.8 Å². The van der Waals surface area contributed by atoms with Crippen molar-refractivity contribution in [3.63, 3.8) is 0 Å². The van der Waals surface area contributed by atoms with E-state index in [0.29, 0.717) is 28.8 Å². The fourth-order valence-corrected chi connectivity index (χ4v) is 5.75. The topological polar surface area (TPSA) is 84.9 Å². The average molecular weight is 529 g/mol. The number of para-hydroxylation sites is 2. The van der Waals surface area contributed by atoms with Crippen molar-refractivity contribution < 1.29 is 22.7 Å². The molecule has 0 saturated carbocycles. The van der Waals surface area contributed by atoms with Crippen molar-refractivity contribution in [3.05, 3.63) is 83.4 Å². The lowest BCUT2D eigenvalue weighted by Crippen LogP contribution is -2.51. The molecule has 0 unspecified atom stereocenters. The Kier molecular flexibility index (Phi) is 7.76. The molecule has 0 spiro atoms. The van der Waals surface area contributed by atoms with Gasteiger partial charge in [0.1, 0.15) is 11.5 Å². The number of fused-ring (bicyclic) bond motifs is 1. The Bertz CT molecular complexity index is 1310. The smallest absolute Gasteiger partial charge is 0.264 e. The zero-order valence-corrected chi connectivity index (χ0v) is 21.9. The van der Waals surface area contributed by atoms with Crippen molar-refractivity contribution >= 4 is 33.2 Å². The van der Waals surface area contributed by atoms with Crippen LogP contribution in [0.2, 0.25) is 5.02 Å². The number of hydrogen-bond acceptors (Lipinski definition) is 5. The van der Waals surface area contributed by atoms with Gasteiger partial charge in [-0.3, -0.25) is 9.10 Å². The first-order valence-electron chi connectivity index (χ1n) is 11.7. The maximum Gasteiger partial charge on any atom is 0.264 e. The van der Waals surface area contributed by atoms with E-state index in [1.54, 1.807) is 31.4 Å². The van der Waals surface area contributed by atoms with E-state index in [9.17, 15) is 13.2 Å². The van der Waals surface area contributed by atoms with Crippen LogP contribution in [0.25, 0.3) is 0 Å². The Morgan fingerprint density at radius 3 is 2.39 bits per heavy atom. The molecule has 1 N–H and O–H groups in total. The highest BCUT2D eigenvalue weighted by molar-refractivity contribution is 7.92. The Labute approximate surface area is 217 Å². The number of ether oxygens (including phenoxy) is 2. The van der Waals surface area contributed by atoms with E-state index in [4.69, 9.17) is 21.1 Å². The van der Waals surface area contributed by atoms with Crippen LogP contribution in [0.1, 0.15) is 31.9 Å². The molecule has 2 atom stereocenters. The predicted octanol–water partition coefficient (Wildman–Crippen LogP) is 5.21. The quantitative estimate of drug-likeness (QED) is 0.434. The third kappa shape index (κ3) is 5.60. The van der Waals surface area contributed by atoms with Crippen LogP contribution in [0.4, 0.5) is 5.69 Å². The number of amides is 1. The van der Waals surface area contributed by atoms with Gasteiger partial charge in [-0.2, -0.15) is 0 Å². The number of nitrogens with zero attached hydrogens (tertiary/aromatic N) is 1. The second-order valence-corrected chi connectivity index (χ2v) is 11.3. The summed E-state index contributed by atoms with van der Waals surface area (Å²) < 4.78 is 39.6. The summed E-state index contributed by atoms with van der Waals surface area (Å²) in [5.74, 6) is 0.976. The highest BCUT2D eigenvalue weighted by Gasteiger charge is 2.38. The van der Waals surface area contributed by atoms with E-state index in [1.807, 2.05) is 24.3 Å². The molecule has 0 bridgehead atoms. The molecule has 1 aliphatic heterocycles. The number of hydrogen-bond donors (Lipinski definition) is 1. The minimum atomic E-state index is -3.97. The van der Waals surface area contributed by atoms with E-state index in [0.717, 1.165) is 11.3 Å². The molecule has 1 amide bonds. The molecule has 0 radical (unpaired) electrons. The summed E-state index contributed by atoms with van der Waals surface area (Å²) in [6.45, 7) is 4.00. The fourth-order valence-electron chi connectivity index (χ4n) is 4.15. The van der Waals surface area contributed by atoms with Crippen LogP contribution in [0.5, 0.6) is 11.5 Å². The first-order chi connectivity index (χ1) is 17.2. The number of benzene rings is 3. The Morgan fingerprint density at radius 2 is 1.75 bits per heavy atom. The van der Waals surface area contributed by atoms with Crippen LogP contribution in [0.3, 0.4) is 0 Å². The zero-order valence-electron chi connectivity index (χ0n) is 20.3. The lowest BCUT2D eigenvalue weighted by molar-refractivity contribution is -0.128. The van der Waals surface area contributed by atoms with Crippen LogP contribution in [0.15, 0.2) is 77.7 Å². The van der Waals surface area contributed by atoms with Crippen LogP contribution in [-0.4, -0.2) is 34.1 Å². The molecule has 7 nitrogen and oxygen atoms in total. The normalized spacial score (nSPS) is 16.1. The van der Waals surface area contributed by atoms with Gasteiger partial charge in [0, 0.05) is 5.02 Å². The molecule has 3 aromatic rings. The molecule has 9 heteroatoms. The lowest BCUT2D eigenvalue weighted by Gasteiger charge is -2.35. The Balaban J connectivity index is 1.62. The first kappa shape index (κ1) is 25.9. The number of carbonyl (C=O) groups excluding carboxylic acids is 1. The van der Waals surface area contributed by atoms with Crippen molar-refractivity contribution in [1.82, 2.24) is 5.32 Å². The molecule has 0 saturated heterocycles. The van der Waals surface area contributed by atoms with E-state index in [2.05, 4.69) is 19.2 Å². The van der Waals surface area contributed by atoms with Gasteiger partial charge in [-0.1, -0.05) is 49.7 Å². The van der Waals surface area contributed by atoms with Crippen molar-refractivity contribution in [3.8, 4) is 11.5 Å². The van der Waals surface area contributed by atoms with Crippen LogP contribution < -0.4 is 19.1 Å². The number of anilines is 1. The second kappa shape index (κ2) is 10.8. The fraction of sp³-hybridized carbons (Fsp3) is 0.296. The summed E-state index contributed by atoms with van der Waals surface area (Å²) in [6.07, 6.45) is -0.330. The van der Waals surface area contributed by atoms with Gasteiger partial charge < -0.3 is 14.8 Å². The van der Waals surface area contributed by atoms with Crippen LogP contribution >= 0.6 is 11.6 Å². The third-order valence-electron chi connectivity index (χ3n) is 5.97. The number of sulfonamides is 1. The summed E-state index contributed by atoms with van der Waals surface area (Å²) in [5, 5.41) is 3.51. The molecule has 36 heavy (non-hydrogen) atoms. The minimum absolute atomic E-state index is 0.0821. The largest absolute Gasteiger partial charge is 0.497 e. The van der Waals surface area contributed by atoms with Crippen LogP contribution in [0, 0.1) is 5.92 Å². The van der Waals surface area contributed by atoms with Gasteiger partial charge in [0.05, 0.1) is 30.3 Å². The second-order valence-electron chi connectivity index (χ2n) is 9.03. The van der Waals surface area contributed by atoms with Crippen molar-refractivity contribution in [2.24, 2.45) is 5.92 Å². The Hall–Kier alpha value is -3.23. The van der Waals surface area contributed by atoms with Crippen molar-refractivity contribution in [2.45, 2.75) is 37.3 Å². The molecule has 190 valence electrons. The highest BCUT2D eigenvalue weighted by atomic mass is 35.5. The molecular weight excluding hydrogens is 500 g/mol. The van der Waals surface area contributed by atoms with Gasteiger partial charge in [-0.05, 0) is 66.4 Å². The standard InChI is InChI=1S/C27H29ClN2O5S/c1-18(2)16-23(19-8-12-21(34-3)13-9-19)29-27(31)26-17-30(24-6-4-5-7-25(24)35-26)36(32,33)22-14-10-20(28)11-15-22/h4-15,18,23,26H,16-17H2,1-3H3,(H,29,31)/t23-,26+/m0/s1. The van der Waals surface area contributed by atoms with Gasteiger partial charge in [0.2, 0.25) is 0 Å². The summed E-state index contributed by atoms with van der Waals surface area (Å²) in [4.78, 5) is 13.5. The average Bonchev–Trinajstić information content (AvgIpc) is 2.87. The van der Waals surface area contributed by atoms with Gasteiger partial charge in [-0.15, -0.1) is 0 Å². The molecule has 1 aliphatic rings. The number of methoxy groups -OCH3 is 1. The lowest BCUT2D eigenvalue weighted by atomic mass is 9.96. The molecule has 4 rings (SSSR count).